The second-order valence-corrected chi connectivity index (χ2v) is 3.59. The Bertz CT molecular complexity index is 148. The molecule has 0 fully saturated rings. The van der Waals surface area contributed by atoms with Gasteiger partial charge in [0.05, 0.1) is 26.4 Å². The van der Waals surface area contributed by atoms with Gasteiger partial charge in [-0.2, -0.15) is 0 Å². The molecular formula is C8H32ClN4O8P. The molecule has 0 aromatic carbocycles. The van der Waals surface area contributed by atoms with Crippen molar-refractivity contribution >= 4 is 20.2 Å². The highest BCUT2D eigenvalue weighted by Gasteiger charge is 2.00. The van der Waals surface area contributed by atoms with Crippen LogP contribution in [0.5, 0.6) is 0 Å². The molecule has 22 heavy (non-hydrogen) atoms. The Balaban J connectivity index is -0.0000000361. The van der Waals surface area contributed by atoms with E-state index in [4.69, 9.17) is 62.6 Å². The summed E-state index contributed by atoms with van der Waals surface area (Å²) >= 11 is 0. The zero-order chi connectivity index (χ0) is 18.2. The number of phosphoric acid groups is 1. The van der Waals surface area contributed by atoms with Gasteiger partial charge in [-0.05, 0) is 0 Å². The van der Waals surface area contributed by atoms with Crippen LogP contribution in [0.4, 0.5) is 0 Å². The summed E-state index contributed by atoms with van der Waals surface area (Å²) in [5.74, 6) is 0. The van der Waals surface area contributed by atoms with Crippen LogP contribution in [-0.2, 0) is 4.57 Å². The first-order valence-electron chi connectivity index (χ1n) is 5.68. The van der Waals surface area contributed by atoms with Crippen LogP contribution in [-0.4, -0.2) is 87.7 Å². The molecule has 144 valence electrons. The molecule has 0 saturated heterocycles. The fraction of sp³-hybridized carbons (Fsp3) is 1.00. The molecular weight excluding hydrogens is 347 g/mol. The van der Waals surface area contributed by atoms with Crippen LogP contribution in [0.1, 0.15) is 0 Å². The molecule has 0 amide bonds. The molecule has 0 aliphatic rings. The van der Waals surface area contributed by atoms with E-state index in [9.17, 15) is 0 Å². The lowest BCUT2D eigenvalue weighted by Gasteiger charge is -1.82. The summed E-state index contributed by atoms with van der Waals surface area (Å²) in [4.78, 5) is 21.6. The summed E-state index contributed by atoms with van der Waals surface area (Å²) in [6.45, 7) is 1.89. The van der Waals surface area contributed by atoms with Crippen LogP contribution in [0, 0.1) is 0 Å². The first kappa shape index (κ1) is 37.9. The number of aliphatic hydroxyl groups is 4. The van der Waals surface area contributed by atoms with Gasteiger partial charge in [0.2, 0.25) is 0 Å². The third-order valence-corrected chi connectivity index (χ3v) is 0.516. The lowest BCUT2D eigenvalue weighted by atomic mass is 10.8. The highest BCUT2D eigenvalue weighted by Crippen LogP contribution is 2.25. The van der Waals surface area contributed by atoms with Gasteiger partial charge in [0, 0.05) is 26.2 Å². The van der Waals surface area contributed by atoms with E-state index >= 15 is 0 Å². The molecule has 0 aliphatic heterocycles. The summed E-state index contributed by atoms with van der Waals surface area (Å²) in [6.07, 6.45) is 0. The Hall–Kier alpha value is 0.0800. The number of aliphatic hydroxyl groups excluding tert-OH is 4. The van der Waals surface area contributed by atoms with E-state index in [-0.39, 0.29) is 38.8 Å². The monoisotopic (exact) mass is 378 g/mol. The van der Waals surface area contributed by atoms with Crippen molar-refractivity contribution in [2.45, 2.75) is 0 Å². The Labute approximate surface area is 136 Å². The summed E-state index contributed by atoms with van der Waals surface area (Å²) in [7, 11) is -4.64. The van der Waals surface area contributed by atoms with Gasteiger partial charge in [-0.3, -0.25) is 0 Å². The standard InChI is InChI=1S/4C2H7NO.ClH.H3O4P/c4*3-1-2-4;;1-5(2,3)4/h4*4H,1-3H2;1H;(H3,1,2,3,4). The maximum Gasteiger partial charge on any atom is 0.466 e. The molecule has 0 unspecified atom stereocenters. The quantitative estimate of drug-likeness (QED) is 0.206. The van der Waals surface area contributed by atoms with E-state index in [2.05, 4.69) is 0 Å². The highest BCUT2D eigenvalue weighted by molar-refractivity contribution is 7.45. The fourth-order valence-electron chi connectivity index (χ4n) is 0. The van der Waals surface area contributed by atoms with Gasteiger partial charge in [-0.25, -0.2) is 4.57 Å². The number of hydrogen-bond acceptors (Lipinski definition) is 9. The number of nitrogens with two attached hydrogens (primary N) is 4. The fourth-order valence-corrected chi connectivity index (χ4v) is 0. The van der Waals surface area contributed by atoms with E-state index in [1.54, 1.807) is 0 Å². The molecule has 0 aliphatic carbocycles. The molecule has 0 bridgehead atoms. The molecule has 15 N–H and O–H groups in total. The van der Waals surface area contributed by atoms with Crippen LogP contribution < -0.4 is 22.9 Å². The minimum absolute atomic E-state index is 0. The third-order valence-electron chi connectivity index (χ3n) is 0.516. The van der Waals surface area contributed by atoms with Gasteiger partial charge in [-0.1, -0.05) is 0 Å². The Kier molecular flexibility index (Phi) is 74.0. The van der Waals surface area contributed by atoms with Crippen molar-refractivity contribution in [3.05, 3.63) is 0 Å². The molecule has 0 aromatic rings. The predicted octanol–water partition coefficient (Wildman–Crippen LogP) is -4.76. The summed E-state index contributed by atoms with van der Waals surface area (Å²) in [5, 5.41) is 31.0. The predicted molar refractivity (Wildman–Crippen MR) is 86.1 cm³/mol. The maximum absolute atomic E-state index is 8.88. The van der Waals surface area contributed by atoms with Crippen LogP contribution in [0.2, 0.25) is 0 Å². The molecule has 0 saturated carbocycles. The van der Waals surface area contributed by atoms with E-state index in [0.717, 1.165) is 0 Å². The lowest BCUT2D eigenvalue weighted by Crippen LogP contribution is -2.02. The Morgan fingerprint density at radius 1 is 0.591 bits per heavy atom. The third kappa shape index (κ3) is 439. The van der Waals surface area contributed by atoms with Crippen molar-refractivity contribution in [2.75, 3.05) is 52.6 Å². The van der Waals surface area contributed by atoms with Crippen molar-refractivity contribution in [1.82, 2.24) is 0 Å². The Morgan fingerprint density at radius 2 is 0.636 bits per heavy atom. The molecule has 0 heterocycles. The minimum atomic E-state index is -4.64. The zero-order valence-electron chi connectivity index (χ0n) is 12.4. The molecule has 0 spiro atoms. The average Bonchev–Trinajstić information content (AvgIpc) is 2.45. The number of hydrogen-bond donors (Lipinski definition) is 11. The Morgan fingerprint density at radius 3 is 0.636 bits per heavy atom. The van der Waals surface area contributed by atoms with Crippen molar-refractivity contribution in [3.63, 3.8) is 0 Å². The van der Waals surface area contributed by atoms with E-state index in [1.807, 2.05) is 0 Å². The molecule has 12 nitrogen and oxygen atoms in total. The second kappa shape index (κ2) is 42.9. The molecule has 0 rings (SSSR count). The van der Waals surface area contributed by atoms with Crippen LogP contribution in [0.3, 0.4) is 0 Å². The maximum atomic E-state index is 8.88. The largest absolute Gasteiger partial charge is 0.466 e. The van der Waals surface area contributed by atoms with Gasteiger partial charge in [-0.15, -0.1) is 12.4 Å². The summed E-state index contributed by atoms with van der Waals surface area (Å²) < 4.78 is 8.88. The van der Waals surface area contributed by atoms with Crippen molar-refractivity contribution in [2.24, 2.45) is 22.9 Å². The SMILES string of the molecule is Cl.NCCO.NCCO.NCCO.NCCO.O=P(O)(O)O. The first-order chi connectivity index (χ1) is 9.66. The summed E-state index contributed by atoms with van der Waals surface area (Å²) in [5.41, 5.74) is 19.1. The second-order valence-electron chi connectivity index (χ2n) is 2.56. The summed E-state index contributed by atoms with van der Waals surface area (Å²) in [6, 6.07) is 0. The first-order valence-corrected chi connectivity index (χ1v) is 7.25. The van der Waals surface area contributed by atoms with Crippen LogP contribution >= 0.6 is 20.2 Å². The van der Waals surface area contributed by atoms with Gasteiger partial charge < -0.3 is 58.0 Å². The molecule has 14 heteroatoms. The minimum Gasteiger partial charge on any atom is -0.395 e. The zero-order valence-corrected chi connectivity index (χ0v) is 14.1. The number of rotatable bonds is 4. The average molecular weight is 379 g/mol. The lowest BCUT2D eigenvalue weighted by molar-refractivity contribution is 0.275. The van der Waals surface area contributed by atoms with Crippen molar-refractivity contribution < 1.29 is 39.7 Å². The van der Waals surface area contributed by atoms with Gasteiger partial charge in [0.15, 0.2) is 0 Å². The van der Waals surface area contributed by atoms with Crippen LogP contribution in [0.25, 0.3) is 0 Å². The van der Waals surface area contributed by atoms with Gasteiger partial charge >= 0.3 is 7.82 Å². The topological polar surface area (TPSA) is 263 Å². The molecule has 0 atom stereocenters. The molecule has 0 aromatic heterocycles. The highest BCUT2D eigenvalue weighted by atomic mass is 35.5. The van der Waals surface area contributed by atoms with E-state index in [1.165, 1.54) is 0 Å². The smallest absolute Gasteiger partial charge is 0.395 e. The number of halogens is 1. The van der Waals surface area contributed by atoms with Gasteiger partial charge in [0.25, 0.3) is 0 Å². The molecule has 0 radical (unpaired) electrons. The van der Waals surface area contributed by atoms with E-state index < -0.39 is 7.82 Å². The van der Waals surface area contributed by atoms with Gasteiger partial charge in [0.1, 0.15) is 0 Å². The van der Waals surface area contributed by atoms with Crippen molar-refractivity contribution in [3.8, 4) is 0 Å². The normalized spacial score (nSPS) is 8.14. The van der Waals surface area contributed by atoms with Crippen LogP contribution in [0.15, 0.2) is 0 Å². The van der Waals surface area contributed by atoms with E-state index in [0.29, 0.717) is 26.2 Å². The van der Waals surface area contributed by atoms with Crippen molar-refractivity contribution in [1.29, 1.82) is 0 Å².